The van der Waals surface area contributed by atoms with E-state index in [1.807, 2.05) is 0 Å². The van der Waals surface area contributed by atoms with E-state index in [1.54, 1.807) is 0 Å². The lowest BCUT2D eigenvalue weighted by Gasteiger charge is -2.18. The van der Waals surface area contributed by atoms with Crippen LogP contribution < -0.4 is 0 Å². The molecule has 1 aliphatic rings. The first-order valence-corrected chi connectivity index (χ1v) is 5.59. The molecule has 1 fully saturated rings. The summed E-state index contributed by atoms with van der Waals surface area (Å²) in [4.78, 5) is 17.2. The van der Waals surface area contributed by atoms with E-state index < -0.39 is 26.0 Å². The van der Waals surface area contributed by atoms with Gasteiger partial charge in [-0.05, 0) is 6.42 Å². The standard InChI is InChI=1S/C6H12BO6P/c1-11-3-5-4(2-6(7)12-5)13-14(8,9)10/h4-6H,2-3H2,1H3,(H2,8,9,10)/t4-,5-,6-/m1/s1. The van der Waals surface area contributed by atoms with E-state index in [0.29, 0.717) is 0 Å². The van der Waals surface area contributed by atoms with Crippen LogP contribution in [0.4, 0.5) is 0 Å². The maximum atomic E-state index is 10.6. The molecule has 1 rings (SSSR count). The van der Waals surface area contributed by atoms with Gasteiger partial charge in [-0.25, -0.2) is 4.57 Å². The Morgan fingerprint density at radius 3 is 2.79 bits per heavy atom. The van der Waals surface area contributed by atoms with Gasteiger partial charge in [0.1, 0.15) is 14.0 Å². The smallest absolute Gasteiger partial charge is 0.382 e. The van der Waals surface area contributed by atoms with Gasteiger partial charge >= 0.3 is 7.82 Å². The number of hydrogen-bond donors (Lipinski definition) is 2. The van der Waals surface area contributed by atoms with Crippen molar-refractivity contribution in [3.63, 3.8) is 0 Å². The summed E-state index contributed by atoms with van der Waals surface area (Å²) < 4.78 is 25.0. The number of rotatable bonds is 4. The van der Waals surface area contributed by atoms with Crippen LogP contribution in [0.25, 0.3) is 0 Å². The molecule has 14 heavy (non-hydrogen) atoms. The Morgan fingerprint density at radius 2 is 2.29 bits per heavy atom. The van der Waals surface area contributed by atoms with Gasteiger partial charge in [-0.1, -0.05) is 0 Å². The SMILES string of the molecule is [B][C@H]1C[C@@H](OP(=O)(O)O)[C@@H](COC)O1. The van der Waals surface area contributed by atoms with Gasteiger partial charge in [0.15, 0.2) is 0 Å². The second-order valence-corrected chi connectivity index (χ2v) is 4.23. The van der Waals surface area contributed by atoms with Crippen molar-refractivity contribution in [1.29, 1.82) is 0 Å². The zero-order chi connectivity index (χ0) is 10.8. The molecular weight excluding hydrogens is 210 g/mol. The molecule has 2 radical (unpaired) electrons. The van der Waals surface area contributed by atoms with E-state index in [-0.39, 0.29) is 13.0 Å². The van der Waals surface area contributed by atoms with Crippen LogP contribution in [-0.2, 0) is 18.6 Å². The Bertz CT molecular complexity index is 230. The molecule has 0 aromatic rings. The van der Waals surface area contributed by atoms with Crippen molar-refractivity contribution in [1.82, 2.24) is 0 Å². The first-order valence-electron chi connectivity index (χ1n) is 4.06. The minimum atomic E-state index is -4.49. The lowest BCUT2D eigenvalue weighted by atomic mass is 9.96. The maximum Gasteiger partial charge on any atom is 0.469 e. The topological polar surface area (TPSA) is 85.2 Å². The molecule has 1 heterocycles. The Labute approximate surface area is 83.2 Å². The summed E-state index contributed by atoms with van der Waals surface area (Å²) >= 11 is 0. The van der Waals surface area contributed by atoms with Gasteiger partial charge < -0.3 is 19.3 Å². The third kappa shape index (κ3) is 3.69. The third-order valence-corrected chi connectivity index (χ3v) is 2.38. The highest BCUT2D eigenvalue weighted by Crippen LogP contribution is 2.41. The molecule has 0 spiro atoms. The summed E-state index contributed by atoms with van der Waals surface area (Å²) in [6.07, 6.45) is -0.993. The van der Waals surface area contributed by atoms with Crippen molar-refractivity contribution in [2.45, 2.75) is 24.6 Å². The van der Waals surface area contributed by atoms with Gasteiger partial charge in [0.2, 0.25) is 0 Å². The van der Waals surface area contributed by atoms with Crippen LogP contribution in [0, 0.1) is 0 Å². The summed E-state index contributed by atoms with van der Waals surface area (Å²) in [7, 11) is 2.42. The largest absolute Gasteiger partial charge is 0.469 e. The third-order valence-electron chi connectivity index (χ3n) is 1.83. The molecule has 8 heteroatoms. The van der Waals surface area contributed by atoms with Gasteiger partial charge in [0.25, 0.3) is 0 Å². The van der Waals surface area contributed by atoms with Crippen molar-refractivity contribution >= 4 is 15.7 Å². The molecule has 0 aromatic heterocycles. The summed E-state index contributed by atoms with van der Waals surface area (Å²) in [6.45, 7) is 0.193. The van der Waals surface area contributed by atoms with E-state index in [0.717, 1.165) is 0 Å². The van der Waals surface area contributed by atoms with Crippen LogP contribution in [0.5, 0.6) is 0 Å². The minimum Gasteiger partial charge on any atom is -0.382 e. The molecule has 6 nitrogen and oxygen atoms in total. The molecule has 0 aromatic carbocycles. The predicted molar refractivity (Wildman–Crippen MR) is 47.8 cm³/mol. The van der Waals surface area contributed by atoms with Crippen LogP contribution >= 0.6 is 7.82 Å². The highest BCUT2D eigenvalue weighted by molar-refractivity contribution is 7.46. The molecule has 0 saturated carbocycles. The number of phosphoric ester groups is 1. The number of methoxy groups -OCH3 is 1. The van der Waals surface area contributed by atoms with Gasteiger partial charge in [-0.15, -0.1) is 0 Å². The van der Waals surface area contributed by atoms with E-state index in [1.165, 1.54) is 7.11 Å². The molecule has 1 aliphatic heterocycles. The normalized spacial score (nSPS) is 33.5. The Kier molecular flexibility index (Phi) is 4.12. The molecule has 3 atom stereocenters. The van der Waals surface area contributed by atoms with Gasteiger partial charge in [-0.2, -0.15) is 0 Å². The van der Waals surface area contributed by atoms with Crippen molar-refractivity contribution in [3.8, 4) is 0 Å². The predicted octanol–water partition coefficient (Wildman–Crippen LogP) is -0.606. The minimum absolute atomic E-state index is 0.193. The Balaban J connectivity index is 2.53. The first-order chi connectivity index (χ1) is 6.42. The number of hydrogen-bond acceptors (Lipinski definition) is 4. The van der Waals surface area contributed by atoms with Crippen LogP contribution in [0.2, 0.25) is 0 Å². The lowest BCUT2D eigenvalue weighted by Crippen LogP contribution is -2.28. The maximum absolute atomic E-state index is 10.6. The second-order valence-electron chi connectivity index (χ2n) is 3.04. The van der Waals surface area contributed by atoms with Crippen LogP contribution in [-0.4, -0.2) is 49.6 Å². The zero-order valence-electron chi connectivity index (χ0n) is 7.70. The highest BCUT2D eigenvalue weighted by atomic mass is 31.2. The summed E-state index contributed by atoms with van der Waals surface area (Å²) in [5.41, 5.74) is 0. The van der Waals surface area contributed by atoms with E-state index in [9.17, 15) is 4.57 Å². The van der Waals surface area contributed by atoms with Crippen LogP contribution in [0.15, 0.2) is 0 Å². The molecule has 0 aliphatic carbocycles. The lowest BCUT2D eigenvalue weighted by molar-refractivity contribution is -0.0170. The van der Waals surface area contributed by atoms with Crippen LogP contribution in [0.1, 0.15) is 6.42 Å². The second kappa shape index (κ2) is 4.74. The summed E-state index contributed by atoms with van der Waals surface area (Å²) in [6, 6.07) is -0.563. The average Bonchev–Trinajstić information content (AvgIpc) is 2.28. The van der Waals surface area contributed by atoms with Gasteiger partial charge in [0, 0.05) is 13.1 Å². The molecule has 0 unspecified atom stereocenters. The number of phosphoric acid groups is 1. The van der Waals surface area contributed by atoms with E-state index in [4.69, 9.17) is 27.1 Å². The molecular formula is C6H12BO6P. The Morgan fingerprint density at radius 1 is 1.64 bits per heavy atom. The molecule has 0 amide bonds. The average molecular weight is 222 g/mol. The molecule has 1 saturated heterocycles. The van der Waals surface area contributed by atoms with E-state index in [2.05, 4.69) is 4.52 Å². The highest BCUT2D eigenvalue weighted by Gasteiger charge is 2.37. The van der Waals surface area contributed by atoms with Crippen molar-refractivity contribution in [3.05, 3.63) is 0 Å². The molecule has 2 N–H and O–H groups in total. The van der Waals surface area contributed by atoms with E-state index >= 15 is 0 Å². The fourth-order valence-corrected chi connectivity index (χ4v) is 1.92. The van der Waals surface area contributed by atoms with Crippen LogP contribution in [0.3, 0.4) is 0 Å². The first kappa shape index (κ1) is 12.2. The fraction of sp³-hybridized carbons (Fsp3) is 1.00. The van der Waals surface area contributed by atoms with Crippen molar-refractivity contribution < 1.29 is 28.3 Å². The van der Waals surface area contributed by atoms with Gasteiger partial charge in [-0.3, -0.25) is 4.52 Å². The Hall–Kier alpha value is 0.0949. The fourth-order valence-electron chi connectivity index (χ4n) is 1.35. The molecule has 0 bridgehead atoms. The monoisotopic (exact) mass is 222 g/mol. The quantitative estimate of drug-likeness (QED) is 0.487. The summed E-state index contributed by atoms with van der Waals surface area (Å²) in [5.74, 6) is 0. The van der Waals surface area contributed by atoms with Crippen molar-refractivity contribution in [2.24, 2.45) is 0 Å². The van der Waals surface area contributed by atoms with Gasteiger partial charge in [0.05, 0.1) is 12.7 Å². The number of ether oxygens (including phenoxy) is 2. The zero-order valence-corrected chi connectivity index (χ0v) is 8.59. The molecule has 80 valence electrons. The summed E-state index contributed by atoms with van der Waals surface area (Å²) in [5, 5.41) is 0. The van der Waals surface area contributed by atoms with Crippen molar-refractivity contribution in [2.75, 3.05) is 13.7 Å².